The largest absolute Gasteiger partial charge is 0.416 e. The van der Waals surface area contributed by atoms with Crippen molar-refractivity contribution in [3.05, 3.63) is 28.8 Å². The highest BCUT2D eigenvalue weighted by atomic mass is 19.4. The van der Waals surface area contributed by atoms with Crippen molar-refractivity contribution in [3.63, 3.8) is 0 Å². The van der Waals surface area contributed by atoms with Crippen LogP contribution in [-0.2, 0) is 6.18 Å². The first-order valence-corrected chi connectivity index (χ1v) is 7.30. The number of nitrogens with zero attached hydrogens (tertiary/aromatic N) is 2. The summed E-state index contributed by atoms with van der Waals surface area (Å²) in [6.07, 6.45) is -2.31. The van der Waals surface area contributed by atoms with Gasteiger partial charge in [-0.3, -0.25) is 0 Å². The average molecular weight is 300 g/mol. The van der Waals surface area contributed by atoms with Crippen molar-refractivity contribution < 1.29 is 13.2 Å². The minimum Gasteiger partial charge on any atom is -0.371 e. The molecule has 0 spiro atoms. The van der Waals surface area contributed by atoms with E-state index in [1.165, 1.54) is 6.07 Å². The monoisotopic (exact) mass is 300 g/mol. The Balaban J connectivity index is 2.27. The molecule has 1 saturated heterocycles. The van der Waals surface area contributed by atoms with Crippen molar-refractivity contribution >= 4 is 5.69 Å². The quantitative estimate of drug-likeness (QED) is 0.818. The van der Waals surface area contributed by atoms with Gasteiger partial charge in [0.2, 0.25) is 0 Å². The Hall–Kier alpha value is -1.23. The summed E-state index contributed by atoms with van der Waals surface area (Å²) in [5.74, 6) is 0. The summed E-state index contributed by atoms with van der Waals surface area (Å²) in [5, 5.41) is 0. The Morgan fingerprint density at radius 1 is 1.10 bits per heavy atom. The van der Waals surface area contributed by atoms with E-state index in [4.69, 9.17) is 0 Å². The van der Waals surface area contributed by atoms with Crippen LogP contribution in [0.1, 0.15) is 29.5 Å². The summed E-state index contributed by atoms with van der Waals surface area (Å²) in [7, 11) is 4.11. The first-order chi connectivity index (χ1) is 9.70. The van der Waals surface area contributed by atoms with Crippen molar-refractivity contribution in [2.24, 2.45) is 0 Å². The van der Waals surface area contributed by atoms with Gasteiger partial charge in [-0.25, -0.2) is 0 Å². The molecule has 1 aromatic rings. The van der Waals surface area contributed by atoms with Gasteiger partial charge in [-0.2, -0.15) is 13.2 Å². The van der Waals surface area contributed by atoms with Gasteiger partial charge in [-0.1, -0.05) is 0 Å². The third-order valence-electron chi connectivity index (χ3n) is 4.37. The first kappa shape index (κ1) is 16.1. The maximum atomic E-state index is 13.1. The summed E-state index contributed by atoms with van der Waals surface area (Å²) >= 11 is 0. The van der Waals surface area contributed by atoms with E-state index in [-0.39, 0.29) is 0 Å². The molecule has 2 nitrogen and oxygen atoms in total. The third-order valence-corrected chi connectivity index (χ3v) is 4.37. The van der Waals surface area contributed by atoms with Crippen LogP contribution in [0, 0.1) is 13.8 Å². The lowest BCUT2D eigenvalue weighted by Gasteiger charge is -2.37. The van der Waals surface area contributed by atoms with E-state index in [1.807, 2.05) is 6.07 Å². The molecule has 0 radical (unpaired) electrons. The van der Waals surface area contributed by atoms with Crippen molar-refractivity contribution in [1.29, 1.82) is 0 Å². The Bertz CT molecular complexity index is 501. The van der Waals surface area contributed by atoms with E-state index in [9.17, 15) is 13.2 Å². The molecule has 21 heavy (non-hydrogen) atoms. The minimum absolute atomic E-state index is 0.344. The second kappa shape index (κ2) is 5.87. The number of aryl methyl sites for hydroxylation is 1. The Morgan fingerprint density at radius 3 is 2.14 bits per heavy atom. The van der Waals surface area contributed by atoms with E-state index < -0.39 is 11.7 Å². The molecule has 0 aromatic heterocycles. The molecular weight excluding hydrogens is 277 g/mol. The van der Waals surface area contributed by atoms with Crippen LogP contribution in [0.2, 0.25) is 0 Å². The summed E-state index contributed by atoms with van der Waals surface area (Å²) < 4.78 is 39.4. The number of halogens is 3. The molecule has 2 rings (SSSR count). The van der Waals surface area contributed by atoms with E-state index >= 15 is 0 Å². The zero-order valence-corrected chi connectivity index (χ0v) is 13.1. The molecule has 0 atom stereocenters. The predicted octanol–water partition coefficient (Wildman–Crippen LogP) is 3.85. The molecule has 1 aliphatic heterocycles. The fraction of sp³-hybridized carbons (Fsp3) is 0.625. The lowest BCUT2D eigenvalue weighted by atomic mass is 9.98. The molecule has 0 bridgehead atoms. The topological polar surface area (TPSA) is 6.48 Å². The van der Waals surface area contributed by atoms with Crippen LogP contribution < -0.4 is 4.90 Å². The number of alkyl halides is 3. The van der Waals surface area contributed by atoms with Gasteiger partial charge in [0, 0.05) is 24.8 Å². The van der Waals surface area contributed by atoms with Gasteiger partial charge < -0.3 is 9.80 Å². The van der Waals surface area contributed by atoms with Gasteiger partial charge in [-0.05, 0) is 64.0 Å². The molecule has 0 unspecified atom stereocenters. The van der Waals surface area contributed by atoms with Crippen molar-refractivity contribution in [1.82, 2.24) is 4.90 Å². The highest BCUT2D eigenvalue weighted by Crippen LogP contribution is 2.37. The molecule has 5 heteroatoms. The minimum atomic E-state index is -4.28. The Kier molecular flexibility index (Phi) is 4.51. The van der Waals surface area contributed by atoms with Crippen molar-refractivity contribution in [2.75, 3.05) is 32.1 Å². The van der Waals surface area contributed by atoms with E-state index in [0.717, 1.165) is 31.6 Å². The zero-order chi connectivity index (χ0) is 15.8. The van der Waals surface area contributed by atoms with Crippen LogP contribution in [0.25, 0.3) is 0 Å². The van der Waals surface area contributed by atoms with Gasteiger partial charge in [0.25, 0.3) is 0 Å². The average Bonchev–Trinajstić information content (AvgIpc) is 2.40. The van der Waals surface area contributed by atoms with E-state index in [0.29, 0.717) is 17.2 Å². The number of hydrogen-bond donors (Lipinski definition) is 0. The molecule has 1 aromatic carbocycles. The fourth-order valence-corrected chi connectivity index (χ4v) is 3.09. The predicted molar refractivity (Wildman–Crippen MR) is 79.8 cm³/mol. The number of benzene rings is 1. The molecule has 1 fully saturated rings. The molecule has 0 aliphatic carbocycles. The van der Waals surface area contributed by atoms with Gasteiger partial charge in [0.15, 0.2) is 0 Å². The summed E-state index contributed by atoms with van der Waals surface area (Å²) in [5.41, 5.74) is 1.24. The normalized spacial score (nSPS) is 17.6. The highest BCUT2D eigenvalue weighted by Gasteiger charge is 2.34. The maximum absolute atomic E-state index is 13.1. The van der Waals surface area contributed by atoms with Crippen LogP contribution in [0.4, 0.5) is 18.9 Å². The molecule has 1 heterocycles. The second-order valence-electron chi connectivity index (χ2n) is 6.14. The molecular formula is C16H23F3N2. The standard InChI is InChI=1S/C16H23F3N2/c1-11-9-14(16(17,18)19)12(2)15(10-11)21-7-5-13(6-8-21)20(3)4/h9-10,13H,5-8H2,1-4H3. The maximum Gasteiger partial charge on any atom is 0.416 e. The van der Waals surface area contributed by atoms with Gasteiger partial charge in [-0.15, -0.1) is 0 Å². The van der Waals surface area contributed by atoms with Crippen LogP contribution in [0.5, 0.6) is 0 Å². The number of piperidine rings is 1. The summed E-state index contributed by atoms with van der Waals surface area (Å²) in [4.78, 5) is 4.29. The molecule has 118 valence electrons. The Labute approximate surface area is 124 Å². The Morgan fingerprint density at radius 2 is 1.67 bits per heavy atom. The SMILES string of the molecule is Cc1cc(N2CCC(N(C)C)CC2)c(C)c(C(F)(F)F)c1. The lowest BCUT2D eigenvalue weighted by molar-refractivity contribution is -0.138. The van der Waals surface area contributed by atoms with Crippen LogP contribution in [0.15, 0.2) is 12.1 Å². The van der Waals surface area contributed by atoms with E-state index in [2.05, 4.69) is 23.9 Å². The molecule has 0 N–H and O–H groups in total. The van der Waals surface area contributed by atoms with Gasteiger partial charge >= 0.3 is 6.18 Å². The second-order valence-corrected chi connectivity index (χ2v) is 6.14. The molecule has 0 saturated carbocycles. The highest BCUT2D eigenvalue weighted by molar-refractivity contribution is 5.59. The first-order valence-electron chi connectivity index (χ1n) is 7.30. The van der Waals surface area contributed by atoms with Crippen LogP contribution >= 0.6 is 0 Å². The van der Waals surface area contributed by atoms with Crippen LogP contribution in [0.3, 0.4) is 0 Å². The zero-order valence-electron chi connectivity index (χ0n) is 13.1. The smallest absolute Gasteiger partial charge is 0.371 e. The number of hydrogen-bond acceptors (Lipinski definition) is 2. The third kappa shape index (κ3) is 3.51. The molecule has 1 aliphatic rings. The summed E-state index contributed by atoms with van der Waals surface area (Å²) in [6, 6.07) is 3.64. The molecule has 0 amide bonds. The number of rotatable bonds is 2. The van der Waals surface area contributed by atoms with Gasteiger partial charge in [0.05, 0.1) is 5.56 Å². The van der Waals surface area contributed by atoms with Crippen molar-refractivity contribution in [2.45, 2.75) is 38.9 Å². The number of anilines is 1. The van der Waals surface area contributed by atoms with Crippen molar-refractivity contribution in [3.8, 4) is 0 Å². The van der Waals surface area contributed by atoms with Gasteiger partial charge in [0.1, 0.15) is 0 Å². The summed E-state index contributed by atoms with van der Waals surface area (Å²) in [6.45, 7) is 4.93. The lowest BCUT2D eigenvalue weighted by Crippen LogP contribution is -2.42. The van der Waals surface area contributed by atoms with Crippen LogP contribution in [-0.4, -0.2) is 38.1 Å². The van der Waals surface area contributed by atoms with E-state index in [1.54, 1.807) is 13.8 Å². The fourth-order valence-electron chi connectivity index (χ4n) is 3.09.